The maximum Gasteiger partial charge on any atom is 0.246 e. The topological polar surface area (TPSA) is 457 Å². The van der Waals surface area contributed by atoms with Crippen molar-refractivity contribution >= 4 is 99.2 Å². The maximum atomic E-state index is 15.2. The predicted octanol–water partition coefficient (Wildman–Crippen LogP) is 3.74. The molecule has 3 aromatic carbocycles. The summed E-state index contributed by atoms with van der Waals surface area (Å²) in [5.74, 6) is -11.4. The van der Waals surface area contributed by atoms with Crippen LogP contribution in [-0.4, -0.2) is 175 Å². The molecule has 0 aliphatic carbocycles. The van der Waals surface area contributed by atoms with Gasteiger partial charge >= 0.3 is 0 Å². The van der Waals surface area contributed by atoms with E-state index in [4.69, 9.17) is 17.3 Å². The molecule has 2 heterocycles. The number of allylic oxidation sites excluding steroid dienone is 2. The fraction of sp³-hybridized carbons (Fsp3) is 0.551. The molecule has 30 heteroatoms. The summed E-state index contributed by atoms with van der Waals surface area (Å²) in [4.78, 5) is 186. The maximum absolute atomic E-state index is 15.2. The van der Waals surface area contributed by atoms with E-state index >= 15 is 19.2 Å². The average Bonchev–Trinajstić information content (AvgIpc) is 1.63. The standard InChI is InChI=1S/C78H112ClN13O16/c1-44(2)36-53-28-33-64(97)59(40-54-42-81-58-41-55(79)29-32-57(54)58)86-70(102)61(39-52-26-30-56(96)31-27-52)87-68(100)48(7)84-75(107)77(10,92-73(105)62(38-51-24-20-19-21-25-51)88-74(106)65(49(8)94)90-71(103)60(37-45(3)4)85-50(9)95)34-22-17-15-13-12-14-16-18-23-35-78(11,91-69(53)101)76(108)89-63(43-93)72(104)83-47(6)67(99)82-46(5)66(80)98/h14,16,19-21,24-27,29-32,41-42,44-49,53,59-63,65,81,93-94,96H,12-13,15,17-18,22-23,28,33-40,43H2,1-11H3,(H2,80,98)(H,82,99)(H,83,104)(H,84,107)(H,85,95)(H,86,102)(H,87,100)(H,88,106)(H,89,108)(H,90,103)(H,91,101)(H,92,105)/b16-14+/t46-,47?,48?,49+,53-,59-,60-,61-,62-,63-,65-,77+,78-/m0/s1. The number of carbonyl (C=O) groups excluding carboxylic acids is 13. The van der Waals surface area contributed by atoms with Gasteiger partial charge in [0.15, 0.2) is 5.78 Å². The third-order valence-electron chi connectivity index (χ3n) is 19.0. The van der Waals surface area contributed by atoms with E-state index in [-0.39, 0.29) is 75.4 Å². The number of hydrogen-bond donors (Lipinski definition) is 16. The molecule has 0 fully saturated rings. The number of nitrogens with one attached hydrogen (secondary N) is 12. The smallest absolute Gasteiger partial charge is 0.246 e. The van der Waals surface area contributed by atoms with Crippen LogP contribution in [0, 0.1) is 17.8 Å². The zero-order valence-electron chi connectivity index (χ0n) is 63.8. The lowest BCUT2D eigenvalue weighted by Gasteiger charge is -2.33. The van der Waals surface area contributed by atoms with Gasteiger partial charge < -0.3 is 84.5 Å². The Morgan fingerprint density at radius 3 is 1.91 bits per heavy atom. The number of benzene rings is 3. The summed E-state index contributed by atoms with van der Waals surface area (Å²) in [7, 11) is 0. The quantitative estimate of drug-likeness (QED) is 0.0398. The van der Waals surface area contributed by atoms with Crippen LogP contribution >= 0.6 is 11.6 Å². The number of rotatable bonds is 26. The van der Waals surface area contributed by atoms with Gasteiger partial charge in [-0.25, -0.2) is 0 Å². The molecule has 1 aliphatic heterocycles. The van der Waals surface area contributed by atoms with Gasteiger partial charge in [-0.1, -0.05) is 119 Å². The van der Waals surface area contributed by atoms with Gasteiger partial charge in [-0.2, -0.15) is 0 Å². The van der Waals surface area contributed by atoms with Gasteiger partial charge in [0.25, 0.3) is 0 Å². The van der Waals surface area contributed by atoms with Crippen molar-refractivity contribution in [2.75, 3.05) is 6.61 Å². The molecule has 2 unspecified atom stereocenters. The summed E-state index contributed by atoms with van der Waals surface area (Å²) in [6, 6.07) is 7.22. The number of H-pyrrole nitrogens is 1. The molecule has 12 amide bonds. The number of phenols is 1. The Hall–Kier alpha value is -9.74. The summed E-state index contributed by atoms with van der Waals surface area (Å²) in [6.07, 6.45) is 7.07. The second kappa shape index (κ2) is 42.7. The van der Waals surface area contributed by atoms with Crippen molar-refractivity contribution in [3.63, 3.8) is 0 Å². The van der Waals surface area contributed by atoms with Gasteiger partial charge in [0, 0.05) is 60.6 Å². The van der Waals surface area contributed by atoms with Gasteiger partial charge in [0.2, 0.25) is 70.9 Å². The molecule has 17 N–H and O–H groups in total. The fourth-order valence-corrected chi connectivity index (χ4v) is 12.8. The minimum Gasteiger partial charge on any atom is -0.508 e. The van der Waals surface area contributed by atoms with E-state index in [1.807, 2.05) is 39.8 Å². The van der Waals surface area contributed by atoms with Crippen LogP contribution in [0.25, 0.3) is 10.9 Å². The van der Waals surface area contributed by atoms with Crippen LogP contribution in [0.3, 0.4) is 0 Å². The third kappa shape index (κ3) is 28.4. The number of amides is 12. The molecule has 0 saturated carbocycles. The van der Waals surface area contributed by atoms with E-state index < -0.39 is 161 Å². The molecule has 0 bridgehead atoms. The van der Waals surface area contributed by atoms with E-state index in [2.05, 4.69) is 63.5 Å². The first-order chi connectivity index (χ1) is 50.9. The lowest BCUT2D eigenvalue weighted by atomic mass is 9.87. The Kier molecular flexibility index (Phi) is 35.2. The van der Waals surface area contributed by atoms with Crippen LogP contribution in [-0.2, 0) is 81.6 Å². The predicted molar refractivity (Wildman–Crippen MR) is 407 cm³/mol. The second-order valence-corrected chi connectivity index (χ2v) is 30.1. The van der Waals surface area contributed by atoms with Gasteiger partial charge in [-0.15, -0.1) is 0 Å². The van der Waals surface area contributed by atoms with Gasteiger partial charge in [-0.3, -0.25) is 62.3 Å². The molecule has 0 saturated heterocycles. The Bertz CT molecular complexity index is 3790. The zero-order valence-corrected chi connectivity index (χ0v) is 64.5. The average molecular weight is 1520 g/mol. The van der Waals surface area contributed by atoms with Crippen molar-refractivity contribution in [2.45, 2.75) is 250 Å². The van der Waals surface area contributed by atoms with Crippen LogP contribution in [0.5, 0.6) is 5.75 Å². The monoisotopic (exact) mass is 1520 g/mol. The number of aliphatic hydroxyl groups is 2. The number of ketones is 1. The Morgan fingerprint density at radius 2 is 1.28 bits per heavy atom. The molecule has 0 radical (unpaired) electrons. The number of fused-ring (bicyclic) bond motifs is 1. The molecule has 0 spiro atoms. The fourth-order valence-electron chi connectivity index (χ4n) is 12.6. The van der Waals surface area contributed by atoms with Crippen molar-refractivity contribution < 1.29 is 77.6 Å². The summed E-state index contributed by atoms with van der Waals surface area (Å²) < 4.78 is 0. The summed E-state index contributed by atoms with van der Waals surface area (Å²) in [6.45, 7) is 16.0. The molecular weight excluding hydrogens is 1410 g/mol. The van der Waals surface area contributed by atoms with Gasteiger partial charge in [-0.05, 0) is 152 Å². The van der Waals surface area contributed by atoms with Crippen molar-refractivity contribution in [3.8, 4) is 5.75 Å². The SMILES string of the molecule is CC(=O)N[C@@H](CC(C)C)C(=O)N[C@H](C(=O)N[C@@H](Cc1ccccc1)C(=O)N[C@]1(C)CCCCCC/C=C/CCC[C@@](C)(C(=O)N[C@@H](CO)C(=O)NC(C)C(=O)N[C@@H](C)C(N)=O)NC(=O)[C@H](CC(C)C)CCC(=O)[C@H](Cc2c[nH]c3cc(Cl)ccc23)NC(=O)[C@H](Cc2ccc(O)cc2)NC(=O)C(C)NC1=O)[C@@H](C)O. The third-order valence-corrected chi connectivity index (χ3v) is 19.2. The molecule has 1 aromatic heterocycles. The highest BCUT2D eigenvalue weighted by Crippen LogP contribution is 2.27. The second-order valence-electron chi connectivity index (χ2n) is 29.6. The number of carbonyl (C=O) groups is 13. The van der Waals surface area contributed by atoms with Crippen molar-refractivity contribution in [3.05, 3.63) is 113 Å². The van der Waals surface area contributed by atoms with Gasteiger partial charge in [0.05, 0.1) is 18.8 Å². The Balaban J connectivity index is 1.56. The number of phenolic OH excluding ortho intramolecular Hbond substituents is 1. The number of primary amides is 1. The number of aromatic hydroxyl groups is 1. The van der Waals surface area contributed by atoms with E-state index in [0.717, 1.165) is 0 Å². The highest BCUT2D eigenvalue weighted by molar-refractivity contribution is 6.31. The first-order valence-electron chi connectivity index (χ1n) is 37.1. The van der Waals surface area contributed by atoms with Crippen molar-refractivity contribution in [2.24, 2.45) is 23.5 Å². The molecule has 4 aromatic rings. The van der Waals surface area contributed by atoms with Gasteiger partial charge in [0.1, 0.15) is 65.2 Å². The first-order valence-corrected chi connectivity index (χ1v) is 37.5. The van der Waals surface area contributed by atoms with E-state index in [1.54, 1.807) is 54.7 Å². The van der Waals surface area contributed by atoms with E-state index in [0.29, 0.717) is 77.6 Å². The summed E-state index contributed by atoms with van der Waals surface area (Å²) in [5, 5.41) is 62.2. The largest absolute Gasteiger partial charge is 0.508 e. The number of halogens is 1. The number of hydrogen-bond acceptors (Lipinski definition) is 16. The number of Topliss-reactive ketones (excluding diaryl/α,β-unsaturated/α-hetero) is 1. The van der Waals surface area contributed by atoms with Crippen LogP contribution in [0.4, 0.5) is 0 Å². The minimum atomic E-state index is -1.83. The molecule has 592 valence electrons. The minimum absolute atomic E-state index is 0.000700. The van der Waals surface area contributed by atoms with Crippen LogP contribution in [0.1, 0.15) is 176 Å². The Morgan fingerprint density at radius 1 is 0.639 bits per heavy atom. The van der Waals surface area contributed by atoms with Crippen LogP contribution in [0.2, 0.25) is 5.02 Å². The highest BCUT2D eigenvalue weighted by Gasteiger charge is 2.42. The van der Waals surface area contributed by atoms with Crippen molar-refractivity contribution in [1.82, 2.24) is 63.5 Å². The number of aliphatic hydroxyl groups excluding tert-OH is 2. The summed E-state index contributed by atoms with van der Waals surface area (Å²) in [5.41, 5.74) is 3.97. The molecular formula is C78H112ClN13O16. The van der Waals surface area contributed by atoms with E-state index in [1.165, 1.54) is 72.7 Å². The number of aromatic nitrogens is 1. The molecule has 1 aliphatic rings. The summed E-state index contributed by atoms with van der Waals surface area (Å²) >= 11 is 6.38. The van der Waals surface area contributed by atoms with Crippen molar-refractivity contribution in [1.29, 1.82) is 0 Å². The highest BCUT2D eigenvalue weighted by atomic mass is 35.5. The van der Waals surface area contributed by atoms with Crippen LogP contribution < -0.4 is 64.2 Å². The molecule has 5 rings (SSSR count). The number of aromatic amines is 1. The lowest BCUT2D eigenvalue weighted by molar-refractivity contribution is -0.138. The first kappa shape index (κ1) is 88.9. The molecule has 29 nitrogen and oxygen atoms in total. The Labute approximate surface area is 636 Å². The number of nitrogens with two attached hydrogens (primary N) is 1. The molecule has 108 heavy (non-hydrogen) atoms. The zero-order chi connectivity index (χ0) is 80.2. The van der Waals surface area contributed by atoms with E-state index in [9.17, 15) is 58.5 Å². The van der Waals surface area contributed by atoms with Crippen LogP contribution in [0.15, 0.2) is 91.1 Å². The molecule has 13 atom stereocenters. The normalized spacial score (nSPS) is 22.2. The lowest BCUT2D eigenvalue weighted by Crippen LogP contribution is -2.64.